The Morgan fingerprint density at radius 1 is 1.17 bits per heavy atom. The average Bonchev–Trinajstić information content (AvgIpc) is 3.22. The third kappa shape index (κ3) is 1.31. The Morgan fingerprint density at radius 2 is 1.94 bits per heavy atom. The maximum absolute atomic E-state index is 5.75. The fraction of sp³-hybridized carbons (Fsp3) is 0.800. The summed E-state index contributed by atoms with van der Waals surface area (Å²) in [6.07, 6.45) is 8.81. The molecule has 5 rings (SSSR count). The van der Waals surface area contributed by atoms with E-state index in [1.165, 1.54) is 43.6 Å². The standard InChI is InChI=1S/C15H20N2O/c1-2-9-5-8(1)12-13(9)14(12)15-11(17-7-18-15)6-16-10-3-4-10/h7-10,12-14,16H,1-6H2. The smallest absolute Gasteiger partial charge is 0.181 e. The Balaban J connectivity index is 1.36. The van der Waals surface area contributed by atoms with Crippen molar-refractivity contribution in [1.29, 1.82) is 0 Å². The molecule has 0 radical (unpaired) electrons. The Morgan fingerprint density at radius 3 is 2.67 bits per heavy atom. The van der Waals surface area contributed by atoms with Gasteiger partial charge in [-0.2, -0.15) is 0 Å². The van der Waals surface area contributed by atoms with Crippen LogP contribution in [0.2, 0.25) is 0 Å². The van der Waals surface area contributed by atoms with Gasteiger partial charge in [-0.25, -0.2) is 4.98 Å². The summed E-state index contributed by atoms with van der Waals surface area (Å²) in [4.78, 5) is 4.45. The molecule has 0 amide bonds. The molecule has 2 bridgehead atoms. The number of hydrogen-bond acceptors (Lipinski definition) is 3. The fourth-order valence-corrected chi connectivity index (χ4v) is 4.89. The van der Waals surface area contributed by atoms with E-state index in [2.05, 4.69) is 10.3 Å². The van der Waals surface area contributed by atoms with E-state index in [1.807, 2.05) is 0 Å². The third-order valence-electron chi connectivity index (χ3n) is 5.85. The van der Waals surface area contributed by atoms with Crippen molar-refractivity contribution >= 4 is 0 Å². The molecule has 3 heteroatoms. The molecule has 3 nitrogen and oxygen atoms in total. The van der Waals surface area contributed by atoms with Gasteiger partial charge in [-0.05, 0) is 55.8 Å². The van der Waals surface area contributed by atoms with E-state index in [9.17, 15) is 0 Å². The second kappa shape index (κ2) is 3.38. The fourth-order valence-electron chi connectivity index (χ4n) is 4.89. The van der Waals surface area contributed by atoms with E-state index in [0.29, 0.717) is 0 Å². The molecule has 18 heavy (non-hydrogen) atoms. The zero-order valence-electron chi connectivity index (χ0n) is 10.6. The highest BCUT2D eigenvalue weighted by atomic mass is 16.3. The predicted molar refractivity (Wildman–Crippen MR) is 66.9 cm³/mol. The van der Waals surface area contributed by atoms with Gasteiger partial charge in [-0.1, -0.05) is 0 Å². The lowest BCUT2D eigenvalue weighted by molar-refractivity contribution is 0.437. The molecule has 4 fully saturated rings. The zero-order chi connectivity index (χ0) is 11.7. The summed E-state index contributed by atoms with van der Waals surface area (Å²) in [6, 6.07) is 0.754. The topological polar surface area (TPSA) is 38.1 Å². The highest BCUT2D eigenvalue weighted by Gasteiger charge is 2.66. The number of hydrogen-bond donors (Lipinski definition) is 1. The molecule has 96 valence electrons. The van der Waals surface area contributed by atoms with Gasteiger partial charge in [0.05, 0.1) is 5.69 Å². The van der Waals surface area contributed by atoms with Crippen LogP contribution >= 0.6 is 0 Å². The van der Waals surface area contributed by atoms with Crippen LogP contribution in [-0.2, 0) is 6.54 Å². The van der Waals surface area contributed by atoms with Gasteiger partial charge in [0.1, 0.15) is 5.76 Å². The van der Waals surface area contributed by atoms with Crippen LogP contribution in [0.4, 0.5) is 0 Å². The molecule has 1 aromatic rings. The first-order valence-electron chi connectivity index (χ1n) is 7.57. The zero-order valence-corrected chi connectivity index (χ0v) is 10.6. The van der Waals surface area contributed by atoms with Crippen molar-refractivity contribution in [3.63, 3.8) is 0 Å². The van der Waals surface area contributed by atoms with Crippen LogP contribution in [-0.4, -0.2) is 11.0 Å². The molecule has 0 aromatic carbocycles. The number of rotatable bonds is 4. The Bertz CT molecular complexity index is 463. The van der Waals surface area contributed by atoms with Crippen LogP contribution in [0.3, 0.4) is 0 Å². The Labute approximate surface area is 107 Å². The molecule has 1 aromatic heterocycles. The number of nitrogens with zero attached hydrogens (tertiary/aromatic N) is 1. The normalized spacial score (nSPS) is 44.3. The van der Waals surface area contributed by atoms with E-state index in [1.54, 1.807) is 6.39 Å². The maximum atomic E-state index is 5.75. The van der Waals surface area contributed by atoms with E-state index in [-0.39, 0.29) is 0 Å². The van der Waals surface area contributed by atoms with Crippen molar-refractivity contribution in [1.82, 2.24) is 10.3 Å². The molecule has 1 N–H and O–H groups in total. The van der Waals surface area contributed by atoms with Crippen molar-refractivity contribution in [2.75, 3.05) is 0 Å². The lowest BCUT2D eigenvalue weighted by atomic mass is 10.00. The number of nitrogens with one attached hydrogen (secondary N) is 1. The molecule has 0 aliphatic heterocycles. The van der Waals surface area contributed by atoms with Crippen molar-refractivity contribution in [2.45, 2.75) is 50.6 Å². The van der Waals surface area contributed by atoms with Crippen molar-refractivity contribution < 1.29 is 4.42 Å². The Hall–Kier alpha value is -0.830. The summed E-state index contributed by atoms with van der Waals surface area (Å²) in [7, 11) is 0. The summed E-state index contributed by atoms with van der Waals surface area (Å²) in [5.74, 6) is 5.90. The minimum atomic E-state index is 0.731. The van der Waals surface area contributed by atoms with Gasteiger partial charge in [0, 0.05) is 18.5 Å². The monoisotopic (exact) mass is 244 g/mol. The summed E-state index contributed by atoms with van der Waals surface area (Å²) in [6.45, 7) is 0.918. The molecule has 0 saturated heterocycles. The Kier molecular flexibility index (Phi) is 1.88. The van der Waals surface area contributed by atoms with Crippen LogP contribution in [0.1, 0.15) is 49.5 Å². The van der Waals surface area contributed by atoms with Gasteiger partial charge in [0.25, 0.3) is 0 Å². The third-order valence-corrected chi connectivity index (χ3v) is 5.85. The molecular formula is C15H20N2O. The minimum Gasteiger partial charge on any atom is -0.448 e. The van der Waals surface area contributed by atoms with Gasteiger partial charge < -0.3 is 9.73 Å². The van der Waals surface area contributed by atoms with Gasteiger partial charge in [-0.3, -0.25) is 0 Å². The first-order valence-corrected chi connectivity index (χ1v) is 7.57. The molecule has 4 aliphatic rings. The highest BCUT2D eigenvalue weighted by molar-refractivity contribution is 5.29. The van der Waals surface area contributed by atoms with Crippen LogP contribution in [0.5, 0.6) is 0 Å². The largest absolute Gasteiger partial charge is 0.448 e. The molecule has 4 aliphatic carbocycles. The van der Waals surface area contributed by atoms with Crippen molar-refractivity contribution in [3.8, 4) is 0 Å². The van der Waals surface area contributed by atoms with Gasteiger partial charge in [-0.15, -0.1) is 0 Å². The first-order chi connectivity index (χ1) is 8.92. The van der Waals surface area contributed by atoms with Crippen LogP contribution in [0, 0.1) is 23.7 Å². The summed E-state index contributed by atoms with van der Waals surface area (Å²) in [5, 5.41) is 3.56. The van der Waals surface area contributed by atoms with Gasteiger partial charge in [0.15, 0.2) is 6.39 Å². The van der Waals surface area contributed by atoms with E-state index in [0.717, 1.165) is 42.2 Å². The van der Waals surface area contributed by atoms with Crippen molar-refractivity contribution in [2.24, 2.45) is 23.7 Å². The van der Waals surface area contributed by atoms with Crippen LogP contribution < -0.4 is 5.32 Å². The molecular weight excluding hydrogens is 224 g/mol. The second-order valence-corrected chi connectivity index (χ2v) is 6.83. The van der Waals surface area contributed by atoms with E-state index < -0.39 is 0 Å². The lowest BCUT2D eigenvalue weighted by Crippen LogP contribution is -2.16. The summed E-state index contributed by atoms with van der Waals surface area (Å²) in [5.41, 5.74) is 1.20. The van der Waals surface area contributed by atoms with Crippen LogP contribution in [0.25, 0.3) is 0 Å². The quantitative estimate of drug-likeness (QED) is 0.885. The number of aromatic nitrogens is 1. The maximum Gasteiger partial charge on any atom is 0.181 e. The molecule has 4 atom stereocenters. The van der Waals surface area contributed by atoms with Gasteiger partial charge >= 0.3 is 0 Å². The summed E-state index contributed by atoms with van der Waals surface area (Å²) >= 11 is 0. The molecule has 0 spiro atoms. The highest BCUT2D eigenvalue weighted by Crippen LogP contribution is 2.73. The molecule has 4 saturated carbocycles. The minimum absolute atomic E-state index is 0.731. The predicted octanol–water partition coefficient (Wildman–Crippen LogP) is 2.69. The molecule has 4 unspecified atom stereocenters. The number of oxazole rings is 1. The van der Waals surface area contributed by atoms with Gasteiger partial charge in [0.2, 0.25) is 0 Å². The van der Waals surface area contributed by atoms with E-state index >= 15 is 0 Å². The summed E-state index contributed by atoms with van der Waals surface area (Å²) < 4.78 is 5.75. The molecule has 1 heterocycles. The SMILES string of the molecule is c1nc(CNC2CC2)c(C2C3C4CCC(C4)C23)o1. The lowest BCUT2D eigenvalue weighted by Gasteiger charge is -2.08. The van der Waals surface area contributed by atoms with Crippen LogP contribution in [0.15, 0.2) is 10.8 Å². The average molecular weight is 244 g/mol. The first kappa shape index (κ1) is 10.0. The van der Waals surface area contributed by atoms with Crippen molar-refractivity contribution in [3.05, 3.63) is 17.8 Å². The number of fused-ring (bicyclic) bond motifs is 5. The van der Waals surface area contributed by atoms with E-state index in [4.69, 9.17) is 4.42 Å². The second-order valence-electron chi connectivity index (χ2n) is 6.83.